The Kier molecular flexibility index (Phi) is 4.23. The molecule has 8 heteroatoms. The van der Waals surface area contributed by atoms with Crippen LogP contribution in [0.1, 0.15) is 23.3 Å². The topological polar surface area (TPSA) is 84.2 Å². The zero-order valence-corrected chi connectivity index (χ0v) is 14.1. The van der Waals surface area contributed by atoms with E-state index in [2.05, 4.69) is 25.2 Å². The van der Waals surface area contributed by atoms with E-state index in [9.17, 15) is 4.79 Å². The van der Waals surface area contributed by atoms with Crippen LogP contribution in [0, 0.1) is 0 Å². The molecule has 1 amide bonds. The number of aromatic nitrogens is 3. The molecule has 3 aromatic rings. The monoisotopic (exact) mass is 357 g/mol. The molecule has 2 aromatic heterocycles. The number of fused-ring (bicyclic) bond motifs is 1. The summed E-state index contributed by atoms with van der Waals surface area (Å²) in [6, 6.07) is 7.71. The molecule has 0 bridgehead atoms. The molecule has 1 N–H and O–H groups in total. The third-order valence-corrected chi connectivity index (χ3v) is 4.49. The summed E-state index contributed by atoms with van der Waals surface area (Å²) in [6.07, 6.45) is 4.56. The predicted octanol–water partition coefficient (Wildman–Crippen LogP) is 2.67. The first-order valence-corrected chi connectivity index (χ1v) is 8.45. The van der Waals surface area contributed by atoms with Crippen molar-refractivity contribution in [3.05, 3.63) is 47.5 Å². The summed E-state index contributed by atoms with van der Waals surface area (Å²) in [7, 11) is 0. The molecule has 0 aliphatic carbocycles. The van der Waals surface area contributed by atoms with Gasteiger partial charge in [0.05, 0.1) is 0 Å². The van der Waals surface area contributed by atoms with Crippen LogP contribution >= 0.6 is 11.6 Å². The number of carbonyl (C=O) groups is 1. The second-order valence-electron chi connectivity index (χ2n) is 5.94. The van der Waals surface area contributed by atoms with Gasteiger partial charge in [0.1, 0.15) is 17.5 Å². The van der Waals surface area contributed by atoms with Crippen LogP contribution in [0.15, 0.2) is 41.2 Å². The number of hydrogen-bond acceptors (Lipinski definition) is 6. The molecule has 0 spiro atoms. The van der Waals surface area contributed by atoms with Crippen LogP contribution in [0.4, 0.5) is 6.01 Å². The van der Waals surface area contributed by atoms with Gasteiger partial charge in [-0.1, -0.05) is 11.6 Å². The van der Waals surface area contributed by atoms with E-state index >= 15 is 0 Å². The van der Waals surface area contributed by atoms with Crippen LogP contribution in [0.25, 0.3) is 11.1 Å². The number of anilines is 1. The fourth-order valence-corrected chi connectivity index (χ4v) is 3.09. The van der Waals surface area contributed by atoms with Crippen LogP contribution in [-0.2, 0) is 0 Å². The first-order chi connectivity index (χ1) is 12.2. The molecule has 1 aliphatic rings. The SMILES string of the molecule is O=C(NC1CCN(c2nc3cc(Cl)ccc3o2)CC1)c1ccncn1. The molecular formula is C17H16ClN5O2. The fourth-order valence-electron chi connectivity index (χ4n) is 2.92. The van der Waals surface area contributed by atoms with Crippen molar-refractivity contribution in [1.82, 2.24) is 20.3 Å². The Labute approximate surface area is 149 Å². The first-order valence-electron chi connectivity index (χ1n) is 8.07. The van der Waals surface area contributed by atoms with E-state index in [0.717, 1.165) is 37.0 Å². The maximum Gasteiger partial charge on any atom is 0.298 e. The average molecular weight is 358 g/mol. The van der Waals surface area contributed by atoms with Crippen LogP contribution in [-0.4, -0.2) is 40.0 Å². The summed E-state index contributed by atoms with van der Waals surface area (Å²) >= 11 is 5.99. The molecule has 4 rings (SSSR count). The van der Waals surface area contributed by atoms with Crippen molar-refractivity contribution in [3.63, 3.8) is 0 Å². The van der Waals surface area contributed by atoms with Crippen molar-refractivity contribution in [2.45, 2.75) is 18.9 Å². The third kappa shape index (κ3) is 3.41. The van der Waals surface area contributed by atoms with Crippen molar-refractivity contribution in [1.29, 1.82) is 0 Å². The van der Waals surface area contributed by atoms with E-state index in [1.165, 1.54) is 6.33 Å². The molecule has 1 aromatic carbocycles. The van der Waals surface area contributed by atoms with Crippen LogP contribution in [0.3, 0.4) is 0 Å². The van der Waals surface area contributed by atoms with Gasteiger partial charge in [0.15, 0.2) is 5.58 Å². The van der Waals surface area contributed by atoms with Gasteiger partial charge in [-0.25, -0.2) is 9.97 Å². The number of halogens is 1. The quantitative estimate of drug-likeness (QED) is 0.775. The summed E-state index contributed by atoms with van der Waals surface area (Å²) < 4.78 is 5.80. The standard InChI is InChI=1S/C17H16ClN5O2/c18-11-1-2-15-14(9-11)22-17(25-15)23-7-4-12(5-8-23)21-16(24)13-3-6-19-10-20-13/h1-3,6,9-10,12H,4-5,7-8H2,(H,21,24). The van der Waals surface area contributed by atoms with Crippen LogP contribution < -0.4 is 10.2 Å². The molecule has 0 atom stereocenters. The van der Waals surface area contributed by atoms with Crippen LogP contribution in [0.5, 0.6) is 0 Å². The summed E-state index contributed by atoms with van der Waals surface area (Å²) in [5, 5.41) is 3.65. The Balaban J connectivity index is 1.38. The highest BCUT2D eigenvalue weighted by Gasteiger charge is 2.24. The van der Waals surface area contributed by atoms with Crippen molar-refractivity contribution < 1.29 is 9.21 Å². The lowest BCUT2D eigenvalue weighted by molar-refractivity contribution is 0.0925. The van der Waals surface area contributed by atoms with Crippen LogP contribution in [0.2, 0.25) is 5.02 Å². The number of nitrogens with one attached hydrogen (secondary N) is 1. The average Bonchev–Trinajstić information content (AvgIpc) is 3.06. The van der Waals surface area contributed by atoms with E-state index in [-0.39, 0.29) is 11.9 Å². The molecule has 0 radical (unpaired) electrons. The molecule has 128 valence electrons. The molecule has 7 nitrogen and oxygen atoms in total. The van der Waals surface area contributed by atoms with Gasteiger partial charge in [-0.3, -0.25) is 4.79 Å². The van der Waals surface area contributed by atoms with Gasteiger partial charge < -0.3 is 14.6 Å². The fraction of sp³-hybridized carbons (Fsp3) is 0.294. The number of rotatable bonds is 3. The summed E-state index contributed by atoms with van der Waals surface area (Å²) in [4.78, 5) is 26.5. The first kappa shape index (κ1) is 15.8. The molecule has 0 saturated carbocycles. The summed E-state index contributed by atoms with van der Waals surface area (Å²) in [5.41, 5.74) is 1.86. The minimum Gasteiger partial charge on any atom is -0.423 e. The minimum atomic E-state index is -0.169. The van der Waals surface area contributed by atoms with Crippen molar-refractivity contribution in [3.8, 4) is 0 Å². The number of oxazole rings is 1. The largest absolute Gasteiger partial charge is 0.423 e. The molecule has 25 heavy (non-hydrogen) atoms. The highest BCUT2D eigenvalue weighted by atomic mass is 35.5. The van der Waals surface area contributed by atoms with E-state index in [0.29, 0.717) is 16.7 Å². The molecule has 0 unspecified atom stereocenters. The van der Waals surface area contributed by atoms with Crippen molar-refractivity contribution in [2.24, 2.45) is 0 Å². The van der Waals surface area contributed by atoms with Gasteiger partial charge in [0, 0.05) is 30.4 Å². The lowest BCUT2D eigenvalue weighted by Crippen LogP contribution is -2.45. The van der Waals surface area contributed by atoms with E-state index < -0.39 is 0 Å². The number of amides is 1. The molecule has 1 fully saturated rings. The number of benzene rings is 1. The lowest BCUT2D eigenvalue weighted by Gasteiger charge is -2.31. The third-order valence-electron chi connectivity index (χ3n) is 4.25. The Morgan fingerprint density at radius 2 is 2.12 bits per heavy atom. The predicted molar refractivity (Wildman–Crippen MR) is 93.8 cm³/mol. The number of nitrogens with zero attached hydrogens (tertiary/aromatic N) is 4. The van der Waals surface area contributed by atoms with Gasteiger partial charge in [-0.2, -0.15) is 4.98 Å². The highest BCUT2D eigenvalue weighted by Crippen LogP contribution is 2.26. The van der Waals surface area contributed by atoms with E-state index in [1.807, 2.05) is 6.07 Å². The molecular weight excluding hydrogens is 342 g/mol. The summed E-state index contributed by atoms with van der Waals surface area (Å²) in [5.74, 6) is -0.169. The van der Waals surface area contributed by atoms with Gasteiger partial charge in [-0.15, -0.1) is 0 Å². The van der Waals surface area contributed by atoms with Crippen molar-refractivity contribution >= 4 is 34.6 Å². The van der Waals surface area contributed by atoms with Gasteiger partial charge >= 0.3 is 0 Å². The van der Waals surface area contributed by atoms with Gasteiger partial charge in [0.25, 0.3) is 11.9 Å². The zero-order chi connectivity index (χ0) is 17.2. The Morgan fingerprint density at radius 1 is 1.28 bits per heavy atom. The molecule has 1 saturated heterocycles. The Morgan fingerprint density at radius 3 is 2.88 bits per heavy atom. The van der Waals surface area contributed by atoms with Gasteiger partial charge in [-0.05, 0) is 37.1 Å². The lowest BCUT2D eigenvalue weighted by atomic mass is 10.1. The van der Waals surface area contributed by atoms with Crippen molar-refractivity contribution in [2.75, 3.05) is 18.0 Å². The van der Waals surface area contributed by atoms with E-state index in [1.54, 1.807) is 24.4 Å². The number of hydrogen-bond donors (Lipinski definition) is 1. The number of piperidine rings is 1. The molecule has 1 aliphatic heterocycles. The second kappa shape index (κ2) is 6.68. The maximum atomic E-state index is 12.2. The maximum absolute atomic E-state index is 12.2. The highest BCUT2D eigenvalue weighted by molar-refractivity contribution is 6.31. The Hall–Kier alpha value is -2.67. The summed E-state index contributed by atoms with van der Waals surface area (Å²) in [6.45, 7) is 1.52. The van der Waals surface area contributed by atoms with E-state index in [4.69, 9.17) is 16.0 Å². The Bertz CT molecular complexity index is 890. The number of carbonyl (C=O) groups excluding carboxylic acids is 1. The molecule has 3 heterocycles. The normalized spacial score (nSPS) is 15.5. The van der Waals surface area contributed by atoms with Gasteiger partial charge in [0.2, 0.25) is 0 Å². The minimum absolute atomic E-state index is 0.109. The zero-order valence-electron chi connectivity index (χ0n) is 13.4. The second-order valence-corrected chi connectivity index (χ2v) is 6.37. The smallest absolute Gasteiger partial charge is 0.298 e.